The summed E-state index contributed by atoms with van der Waals surface area (Å²) in [5.41, 5.74) is 0. The van der Waals surface area contributed by atoms with Gasteiger partial charge in [-0.25, -0.2) is 9.97 Å². The Kier molecular flexibility index (Phi) is 4.03. The topological polar surface area (TPSA) is 29.0 Å². The van der Waals surface area contributed by atoms with Crippen molar-refractivity contribution in [1.29, 1.82) is 0 Å². The van der Waals surface area contributed by atoms with Crippen molar-refractivity contribution in [2.45, 2.75) is 26.2 Å². The summed E-state index contributed by atoms with van der Waals surface area (Å²) in [5.74, 6) is 1.92. The van der Waals surface area contributed by atoms with E-state index in [1.54, 1.807) is 17.7 Å². The number of piperidine rings is 1. The molecule has 1 saturated heterocycles. The molecule has 1 unspecified atom stereocenters. The molecule has 1 aliphatic heterocycles. The van der Waals surface area contributed by atoms with E-state index < -0.39 is 0 Å². The van der Waals surface area contributed by atoms with E-state index in [2.05, 4.69) is 43.8 Å². The molecule has 0 N–H and O–H groups in total. The summed E-state index contributed by atoms with van der Waals surface area (Å²) in [7, 11) is 0. The predicted octanol–water partition coefficient (Wildman–Crippen LogP) is 4.00. The largest absolute Gasteiger partial charge is 0.356 e. The molecule has 102 valence electrons. The van der Waals surface area contributed by atoms with Crippen LogP contribution in [0.2, 0.25) is 0 Å². The standard InChI is InChI=1S/C14H18BrN3S/c1-10-7-12-13(16-9-17-14(12)19-10)18-6-2-3-11(8-18)4-5-15/h7,9,11H,2-6,8H2,1H3. The number of hydrogen-bond acceptors (Lipinski definition) is 4. The van der Waals surface area contributed by atoms with Crippen LogP contribution in [-0.2, 0) is 0 Å². The SMILES string of the molecule is Cc1cc2c(N3CCCC(CCBr)C3)ncnc2s1. The van der Waals surface area contributed by atoms with Gasteiger partial charge in [0.1, 0.15) is 17.0 Å². The molecule has 2 aromatic rings. The van der Waals surface area contributed by atoms with Crippen molar-refractivity contribution in [3.63, 3.8) is 0 Å². The van der Waals surface area contributed by atoms with Gasteiger partial charge in [-0.1, -0.05) is 15.9 Å². The quantitative estimate of drug-likeness (QED) is 0.791. The molecule has 5 heteroatoms. The number of hydrogen-bond donors (Lipinski definition) is 0. The summed E-state index contributed by atoms with van der Waals surface area (Å²) < 4.78 is 0. The zero-order chi connectivity index (χ0) is 13.2. The van der Waals surface area contributed by atoms with Crippen molar-refractivity contribution in [2.75, 3.05) is 23.3 Å². The number of thiophene rings is 1. The van der Waals surface area contributed by atoms with Crippen molar-refractivity contribution in [2.24, 2.45) is 5.92 Å². The van der Waals surface area contributed by atoms with Gasteiger partial charge in [0.2, 0.25) is 0 Å². The van der Waals surface area contributed by atoms with Gasteiger partial charge in [-0.05, 0) is 38.2 Å². The van der Waals surface area contributed by atoms with Crippen molar-refractivity contribution in [3.05, 3.63) is 17.3 Å². The summed E-state index contributed by atoms with van der Waals surface area (Å²) in [6.07, 6.45) is 5.58. The Bertz CT molecular complexity index is 567. The summed E-state index contributed by atoms with van der Waals surface area (Å²) in [6, 6.07) is 2.23. The molecule has 0 aliphatic carbocycles. The molecule has 1 atom stereocenters. The van der Waals surface area contributed by atoms with Gasteiger partial charge in [0, 0.05) is 23.3 Å². The van der Waals surface area contributed by atoms with Crippen molar-refractivity contribution in [3.8, 4) is 0 Å². The summed E-state index contributed by atoms with van der Waals surface area (Å²) in [4.78, 5) is 13.8. The highest BCUT2D eigenvalue weighted by Crippen LogP contribution is 2.32. The molecule has 0 spiro atoms. The fourth-order valence-corrected chi connectivity index (χ4v) is 4.35. The minimum Gasteiger partial charge on any atom is -0.356 e. The molecular formula is C14H18BrN3S. The third-order valence-corrected chi connectivity index (χ3v) is 5.18. The Morgan fingerprint density at radius 2 is 2.37 bits per heavy atom. The highest BCUT2D eigenvalue weighted by atomic mass is 79.9. The van der Waals surface area contributed by atoms with Crippen LogP contribution < -0.4 is 4.90 Å². The lowest BCUT2D eigenvalue weighted by atomic mass is 9.95. The van der Waals surface area contributed by atoms with E-state index in [1.165, 1.54) is 29.5 Å². The lowest BCUT2D eigenvalue weighted by Gasteiger charge is -2.33. The first-order valence-electron chi connectivity index (χ1n) is 6.80. The molecule has 0 radical (unpaired) electrons. The first-order valence-corrected chi connectivity index (χ1v) is 8.74. The van der Waals surface area contributed by atoms with Gasteiger partial charge >= 0.3 is 0 Å². The molecule has 19 heavy (non-hydrogen) atoms. The third-order valence-electron chi connectivity index (χ3n) is 3.77. The summed E-state index contributed by atoms with van der Waals surface area (Å²) in [6.45, 7) is 4.40. The molecule has 0 saturated carbocycles. The maximum atomic E-state index is 4.55. The monoisotopic (exact) mass is 339 g/mol. The zero-order valence-corrected chi connectivity index (χ0v) is 13.5. The number of alkyl halides is 1. The van der Waals surface area contributed by atoms with E-state index in [0.717, 1.165) is 35.0 Å². The number of aryl methyl sites for hydroxylation is 1. The maximum Gasteiger partial charge on any atom is 0.140 e. The van der Waals surface area contributed by atoms with Crippen LogP contribution in [0.5, 0.6) is 0 Å². The Hall–Kier alpha value is -0.680. The predicted molar refractivity (Wildman–Crippen MR) is 85.5 cm³/mol. The average molecular weight is 340 g/mol. The number of nitrogens with zero attached hydrogens (tertiary/aromatic N) is 3. The van der Waals surface area contributed by atoms with Gasteiger partial charge < -0.3 is 4.90 Å². The zero-order valence-electron chi connectivity index (χ0n) is 11.1. The van der Waals surface area contributed by atoms with Crippen LogP contribution >= 0.6 is 27.3 Å². The molecule has 0 aromatic carbocycles. The van der Waals surface area contributed by atoms with Crippen LogP contribution in [0.1, 0.15) is 24.1 Å². The number of halogens is 1. The molecule has 1 aliphatic rings. The number of rotatable bonds is 3. The van der Waals surface area contributed by atoms with Gasteiger partial charge in [-0.15, -0.1) is 11.3 Å². The normalized spacial score (nSPS) is 20.1. The van der Waals surface area contributed by atoms with Gasteiger partial charge in [0.05, 0.1) is 5.39 Å². The second kappa shape index (κ2) is 5.75. The lowest BCUT2D eigenvalue weighted by Crippen LogP contribution is -2.36. The average Bonchev–Trinajstić information content (AvgIpc) is 2.79. The minimum atomic E-state index is 0.790. The maximum absolute atomic E-state index is 4.55. The second-order valence-corrected chi connectivity index (χ2v) is 7.23. The molecular weight excluding hydrogens is 322 g/mol. The number of fused-ring (bicyclic) bond motifs is 1. The first kappa shape index (κ1) is 13.3. The highest BCUT2D eigenvalue weighted by Gasteiger charge is 2.22. The van der Waals surface area contributed by atoms with Crippen LogP contribution in [0, 0.1) is 12.8 Å². The van der Waals surface area contributed by atoms with E-state index in [0.29, 0.717) is 0 Å². The van der Waals surface area contributed by atoms with Gasteiger partial charge in [-0.3, -0.25) is 0 Å². The van der Waals surface area contributed by atoms with Crippen LogP contribution in [-0.4, -0.2) is 28.4 Å². The second-order valence-electron chi connectivity index (χ2n) is 5.21. The Labute approximate surface area is 126 Å². The lowest BCUT2D eigenvalue weighted by molar-refractivity contribution is 0.406. The highest BCUT2D eigenvalue weighted by molar-refractivity contribution is 9.09. The molecule has 0 bridgehead atoms. The summed E-state index contributed by atoms with van der Waals surface area (Å²) >= 11 is 5.32. The van der Waals surface area contributed by atoms with Gasteiger partial charge in [0.15, 0.2) is 0 Å². The van der Waals surface area contributed by atoms with Crippen LogP contribution in [0.15, 0.2) is 12.4 Å². The van der Waals surface area contributed by atoms with Crippen molar-refractivity contribution in [1.82, 2.24) is 9.97 Å². The fourth-order valence-electron chi connectivity index (χ4n) is 2.86. The van der Waals surface area contributed by atoms with Crippen LogP contribution in [0.4, 0.5) is 5.82 Å². The molecule has 1 fully saturated rings. The summed E-state index contributed by atoms with van der Waals surface area (Å²) in [5, 5.41) is 2.33. The van der Waals surface area contributed by atoms with E-state index >= 15 is 0 Å². The van der Waals surface area contributed by atoms with Crippen molar-refractivity contribution >= 4 is 43.3 Å². The molecule has 3 rings (SSSR count). The number of anilines is 1. The van der Waals surface area contributed by atoms with Crippen LogP contribution in [0.25, 0.3) is 10.2 Å². The Morgan fingerprint density at radius 1 is 1.47 bits per heavy atom. The van der Waals surface area contributed by atoms with Crippen LogP contribution in [0.3, 0.4) is 0 Å². The molecule has 3 nitrogen and oxygen atoms in total. The Balaban J connectivity index is 1.90. The number of aromatic nitrogens is 2. The van der Waals surface area contributed by atoms with Gasteiger partial charge in [-0.2, -0.15) is 0 Å². The van der Waals surface area contributed by atoms with Crippen molar-refractivity contribution < 1.29 is 0 Å². The van der Waals surface area contributed by atoms with E-state index in [-0.39, 0.29) is 0 Å². The third kappa shape index (κ3) is 2.77. The smallest absolute Gasteiger partial charge is 0.140 e. The molecule has 2 aromatic heterocycles. The molecule has 0 amide bonds. The molecule has 3 heterocycles. The van der Waals surface area contributed by atoms with E-state index in [9.17, 15) is 0 Å². The van der Waals surface area contributed by atoms with E-state index in [4.69, 9.17) is 0 Å². The Morgan fingerprint density at radius 3 is 3.21 bits per heavy atom. The van der Waals surface area contributed by atoms with E-state index in [1.807, 2.05) is 0 Å². The van der Waals surface area contributed by atoms with Gasteiger partial charge in [0.25, 0.3) is 0 Å². The minimum absolute atomic E-state index is 0.790. The first-order chi connectivity index (χ1) is 9.28. The fraction of sp³-hybridized carbons (Fsp3) is 0.571.